The maximum Gasteiger partial charge on any atom is 0.0708 e. The summed E-state index contributed by atoms with van der Waals surface area (Å²) in [7, 11) is 0. The van der Waals surface area contributed by atoms with Crippen LogP contribution in [0.15, 0.2) is 0 Å². The zero-order valence-electron chi connectivity index (χ0n) is 11.8. The highest BCUT2D eigenvalue weighted by molar-refractivity contribution is 5.06. The molecular weight excluding hydrogens is 210 g/mol. The van der Waals surface area contributed by atoms with Gasteiger partial charge in [-0.25, -0.2) is 0 Å². The normalized spacial score (nSPS) is 40.9. The molecule has 2 heteroatoms. The summed E-state index contributed by atoms with van der Waals surface area (Å²) in [5.74, 6) is 0.496. The molecule has 1 aliphatic carbocycles. The lowest BCUT2D eigenvalue weighted by Crippen LogP contribution is -2.65. The molecule has 1 saturated heterocycles. The molecule has 1 heterocycles. The molecule has 2 fully saturated rings. The average Bonchev–Trinajstić information content (AvgIpc) is 2.25. The van der Waals surface area contributed by atoms with Gasteiger partial charge in [0.25, 0.3) is 0 Å². The summed E-state index contributed by atoms with van der Waals surface area (Å²) >= 11 is 0. The van der Waals surface area contributed by atoms with Gasteiger partial charge in [0.1, 0.15) is 0 Å². The van der Waals surface area contributed by atoms with E-state index in [1.807, 2.05) is 0 Å². The van der Waals surface area contributed by atoms with Gasteiger partial charge in [-0.15, -0.1) is 0 Å². The molecule has 3 unspecified atom stereocenters. The monoisotopic (exact) mass is 239 g/mol. The fourth-order valence-corrected chi connectivity index (χ4v) is 4.15. The van der Waals surface area contributed by atoms with Gasteiger partial charge in [-0.05, 0) is 39.5 Å². The Morgan fingerprint density at radius 1 is 1.24 bits per heavy atom. The molecule has 0 bridgehead atoms. The third-order valence-electron chi connectivity index (χ3n) is 4.74. The van der Waals surface area contributed by atoms with E-state index in [1.54, 1.807) is 0 Å². The predicted molar refractivity (Wildman–Crippen MR) is 72.1 cm³/mol. The summed E-state index contributed by atoms with van der Waals surface area (Å²) in [5.41, 5.74) is -0.309. The first-order chi connectivity index (χ1) is 7.97. The Balaban J connectivity index is 2.14. The van der Waals surface area contributed by atoms with Gasteiger partial charge in [0.2, 0.25) is 0 Å². The fraction of sp³-hybridized carbons (Fsp3) is 1.00. The van der Waals surface area contributed by atoms with Gasteiger partial charge < -0.3 is 10.4 Å². The summed E-state index contributed by atoms with van der Waals surface area (Å²) < 4.78 is 0. The molecule has 0 amide bonds. The molecule has 2 N–H and O–H groups in total. The van der Waals surface area contributed by atoms with Crippen molar-refractivity contribution in [2.24, 2.45) is 5.92 Å². The zero-order chi connectivity index (χ0) is 12.5. The van der Waals surface area contributed by atoms with Gasteiger partial charge in [-0.3, -0.25) is 0 Å². The lowest BCUT2D eigenvalue weighted by molar-refractivity contribution is -0.106. The van der Waals surface area contributed by atoms with Crippen LogP contribution < -0.4 is 5.32 Å². The van der Waals surface area contributed by atoms with Gasteiger partial charge in [0, 0.05) is 17.5 Å². The third-order valence-corrected chi connectivity index (χ3v) is 4.74. The Bertz CT molecular complexity index is 264. The van der Waals surface area contributed by atoms with Crippen molar-refractivity contribution in [3.63, 3.8) is 0 Å². The zero-order valence-corrected chi connectivity index (χ0v) is 11.8. The van der Waals surface area contributed by atoms with Crippen LogP contribution >= 0.6 is 0 Å². The van der Waals surface area contributed by atoms with Crippen LogP contribution in [0, 0.1) is 5.92 Å². The summed E-state index contributed by atoms with van der Waals surface area (Å²) in [5, 5.41) is 14.9. The van der Waals surface area contributed by atoms with Crippen molar-refractivity contribution in [3.05, 3.63) is 0 Å². The second-order valence-corrected chi connectivity index (χ2v) is 6.91. The minimum absolute atomic E-state index is 0.0982. The number of hydrogen-bond donors (Lipinski definition) is 2. The SMILES string of the molecule is CCCCC1(O)CC(C)(C)NC2CCCCC21. The Morgan fingerprint density at radius 2 is 1.94 bits per heavy atom. The molecule has 1 aliphatic heterocycles. The van der Waals surface area contributed by atoms with Crippen molar-refractivity contribution in [2.75, 3.05) is 0 Å². The highest BCUT2D eigenvalue weighted by Gasteiger charge is 2.49. The van der Waals surface area contributed by atoms with Gasteiger partial charge in [0.15, 0.2) is 0 Å². The first kappa shape index (κ1) is 13.4. The van der Waals surface area contributed by atoms with Crippen LogP contribution in [-0.4, -0.2) is 22.3 Å². The smallest absolute Gasteiger partial charge is 0.0708 e. The van der Waals surface area contributed by atoms with E-state index >= 15 is 0 Å². The Kier molecular flexibility index (Phi) is 3.84. The van der Waals surface area contributed by atoms with Crippen molar-refractivity contribution in [3.8, 4) is 0 Å². The Hall–Kier alpha value is -0.0800. The highest BCUT2D eigenvalue weighted by Crippen LogP contribution is 2.44. The summed E-state index contributed by atoms with van der Waals surface area (Å²) in [6.45, 7) is 6.71. The van der Waals surface area contributed by atoms with Crippen LogP contribution in [0.5, 0.6) is 0 Å². The molecule has 17 heavy (non-hydrogen) atoms. The number of rotatable bonds is 3. The lowest BCUT2D eigenvalue weighted by atomic mass is 9.64. The van der Waals surface area contributed by atoms with E-state index in [1.165, 1.54) is 32.1 Å². The largest absolute Gasteiger partial charge is 0.389 e. The summed E-state index contributed by atoms with van der Waals surface area (Å²) in [6.07, 6.45) is 9.36. The van der Waals surface area contributed by atoms with E-state index < -0.39 is 5.60 Å². The molecule has 1 saturated carbocycles. The first-order valence-corrected chi connectivity index (χ1v) is 7.47. The maximum atomic E-state index is 11.1. The first-order valence-electron chi connectivity index (χ1n) is 7.47. The second-order valence-electron chi connectivity index (χ2n) is 6.91. The topological polar surface area (TPSA) is 32.3 Å². The molecule has 2 rings (SSSR count). The number of piperidine rings is 1. The predicted octanol–water partition coefficient (Wildman–Crippen LogP) is 3.24. The highest BCUT2D eigenvalue weighted by atomic mass is 16.3. The van der Waals surface area contributed by atoms with E-state index in [-0.39, 0.29) is 5.54 Å². The molecule has 0 aromatic carbocycles. The minimum Gasteiger partial charge on any atom is -0.389 e. The Labute approximate surface area is 106 Å². The average molecular weight is 239 g/mol. The molecule has 0 spiro atoms. The molecule has 0 radical (unpaired) electrons. The fourth-order valence-electron chi connectivity index (χ4n) is 4.15. The standard InChI is InChI=1S/C15H29NO/c1-4-5-10-15(17)11-14(2,3)16-13-9-7-6-8-12(13)15/h12-13,16-17H,4-11H2,1-3H3. The molecule has 100 valence electrons. The summed E-state index contributed by atoms with van der Waals surface area (Å²) in [4.78, 5) is 0. The van der Waals surface area contributed by atoms with Crippen molar-refractivity contribution >= 4 is 0 Å². The van der Waals surface area contributed by atoms with E-state index in [4.69, 9.17) is 0 Å². The van der Waals surface area contributed by atoms with Gasteiger partial charge >= 0.3 is 0 Å². The van der Waals surface area contributed by atoms with Crippen LogP contribution in [0.4, 0.5) is 0 Å². The van der Waals surface area contributed by atoms with Gasteiger partial charge in [-0.1, -0.05) is 32.6 Å². The van der Waals surface area contributed by atoms with E-state index in [9.17, 15) is 5.11 Å². The third kappa shape index (κ3) is 2.85. The number of fused-ring (bicyclic) bond motifs is 1. The van der Waals surface area contributed by atoms with Crippen LogP contribution in [0.2, 0.25) is 0 Å². The molecular formula is C15H29NO. The molecule has 0 aromatic rings. The van der Waals surface area contributed by atoms with E-state index in [0.717, 1.165) is 19.3 Å². The molecule has 0 aromatic heterocycles. The molecule has 2 aliphatic rings. The minimum atomic E-state index is -0.407. The maximum absolute atomic E-state index is 11.1. The van der Waals surface area contributed by atoms with Gasteiger partial charge in [-0.2, -0.15) is 0 Å². The number of aliphatic hydroxyl groups is 1. The second kappa shape index (κ2) is 4.89. The van der Waals surface area contributed by atoms with Crippen molar-refractivity contribution in [2.45, 2.75) is 89.3 Å². The van der Waals surface area contributed by atoms with E-state index in [0.29, 0.717) is 12.0 Å². The lowest BCUT2D eigenvalue weighted by Gasteiger charge is -2.54. The van der Waals surface area contributed by atoms with Crippen molar-refractivity contribution in [1.29, 1.82) is 0 Å². The van der Waals surface area contributed by atoms with Gasteiger partial charge in [0.05, 0.1) is 5.60 Å². The Morgan fingerprint density at radius 3 is 2.65 bits per heavy atom. The van der Waals surface area contributed by atoms with Crippen LogP contribution in [0.3, 0.4) is 0 Å². The molecule has 3 atom stereocenters. The van der Waals surface area contributed by atoms with Crippen molar-refractivity contribution < 1.29 is 5.11 Å². The quantitative estimate of drug-likeness (QED) is 0.792. The van der Waals surface area contributed by atoms with Crippen LogP contribution in [0.25, 0.3) is 0 Å². The number of nitrogens with one attached hydrogen (secondary N) is 1. The number of hydrogen-bond acceptors (Lipinski definition) is 2. The van der Waals surface area contributed by atoms with Crippen molar-refractivity contribution in [1.82, 2.24) is 5.32 Å². The van der Waals surface area contributed by atoms with Crippen LogP contribution in [0.1, 0.15) is 72.1 Å². The molecule has 2 nitrogen and oxygen atoms in total. The number of unbranched alkanes of at least 4 members (excludes halogenated alkanes) is 1. The van der Waals surface area contributed by atoms with Crippen LogP contribution in [-0.2, 0) is 0 Å². The summed E-state index contributed by atoms with van der Waals surface area (Å²) in [6, 6.07) is 0.550. The van der Waals surface area contributed by atoms with E-state index in [2.05, 4.69) is 26.1 Å².